The number of H-pyrrole nitrogens is 1. The molecule has 6 heteroatoms. The van der Waals surface area contributed by atoms with Crippen molar-refractivity contribution in [3.05, 3.63) is 41.7 Å². The van der Waals surface area contributed by atoms with Gasteiger partial charge < -0.3 is 16.4 Å². The third kappa shape index (κ3) is 3.00. The highest BCUT2D eigenvalue weighted by molar-refractivity contribution is 5.89. The van der Waals surface area contributed by atoms with Crippen LogP contribution in [0.3, 0.4) is 0 Å². The highest BCUT2D eigenvalue weighted by atomic mass is 16.2. The summed E-state index contributed by atoms with van der Waals surface area (Å²) < 4.78 is 0. The zero-order valence-corrected chi connectivity index (χ0v) is 10.0. The van der Waals surface area contributed by atoms with Crippen LogP contribution in [0.25, 0.3) is 0 Å². The number of hydrogen-bond acceptors (Lipinski definition) is 3. The van der Waals surface area contributed by atoms with E-state index in [1.165, 1.54) is 0 Å². The van der Waals surface area contributed by atoms with Crippen molar-refractivity contribution in [2.24, 2.45) is 0 Å². The van der Waals surface area contributed by atoms with Gasteiger partial charge in [0, 0.05) is 29.2 Å². The summed E-state index contributed by atoms with van der Waals surface area (Å²) in [6.07, 6.45) is 1.69. The first-order valence-electron chi connectivity index (χ1n) is 5.54. The van der Waals surface area contributed by atoms with Crippen molar-refractivity contribution in [1.82, 2.24) is 15.5 Å². The molecule has 18 heavy (non-hydrogen) atoms. The number of urea groups is 1. The molecule has 1 heterocycles. The number of rotatable bonds is 3. The minimum atomic E-state index is -0.264. The molecular formula is C12H15N5O. The number of hydrogen-bond donors (Lipinski definition) is 4. The molecule has 0 unspecified atom stereocenters. The van der Waals surface area contributed by atoms with E-state index in [0.29, 0.717) is 17.9 Å². The van der Waals surface area contributed by atoms with Gasteiger partial charge >= 0.3 is 6.03 Å². The van der Waals surface area contributed by atoms with E-state index in [0.717, 1.165) is 11.3 Å². The Morgan fingerprint density at radius 1 is 1.39 bits per heavy atom. The molecule has 0 saturated heterocycles. The Morgan fingerprint density at radius 2 is 2.11 bits per heavy atom. The molecule has 0 radical (unpaired) electrons. The molecule has 2 amide bonds. The first-order chi connectivity index (χ1) is 8.65. The second kappa shape index (κ2) is 5.22. The maximum Gasteiger partial charge on any atom is 0.319 e. The van der Waals surface area contributed by atoms with E-state index in [1.54, 1.807) is 30.5 Å². The Balaban J connectivity index is 1.86. The second-order valence-corrected chi connectivity index (χ2v) is 3.95. The third-order valence-electron chi connectivity index (χ3n) is 2.54. The molecule has 6 nitrogen and oxygen atoms in total. The molecular weight excluding hydrogens is 230 g/mol. The molecule has 0 aliphatic heterocycles. The van der Waals surface area contributed by atoms with Crippen molar-refractivity contribution in [2.75, 3.05) is 11.1 Å². The molecule has 1 aromatic heterocycles. The van der Waals surface area contributed by atoms with Crippen LogP contribution in [0.15, 0.2) is 30.5 Å². The molecule has 2 aromatic rings. The first kappa shape index (κ1) is 12.0. The van der Waals surface area contributed by atoms with Crippen molar-refractivity contribution in [1.29, 1.82) is 0 Å². The Kier molecular flexibility index (Phi) is 3.47. The Labute approximate surface area is 105 Å². The summed E-state index contributed by atoms with van der Waals surface area (Å²) in [6.45, 7) is 2.34. The molecule has 0 bridgehead atoms. The average Bonchev–Trinajstić information content (AvgIpc) is 2.75. The molecule has 1 aromatic carbocycles. The molecule has 0 aliphatic rings. The van der Waals surface area contributed by atoms with E-state index < -0.39 is 0 Å². The van der Waals surface area contributed by atoms with Gasteiger partial charge in [-0.1, -0.05) is 0 Å². The van der Waals surface area contributed by atoms with Gasteiger partial charge in [-0.2, -0.15) is 5.10 Å². The molecule has 94 valence electrons. The standard InChI is InChI=1S/C12H15N5O/c1-8-9(7-15-17-8)6-14-12(18)16-11-4-2-10(13)3-5-11/h2-5,7H,6,13H2,1H3,(H,15,17)(H2,14,16,18). The molecule has 0 atom stereocenters. The number of aryl methyl sites for hydroxylation is 1. The predicted octanol–water partition coefficient (Wildman–Crippen LogP) is 1.62. The lowest BCUT2D eigenvalue weighted by Gasteiger charge is -2.07. The van der Waals surface area contributed by atoms with Crippen LogP contribution in [0, 0.1) is 6.92 Å². The highest BCUT2D eigenvalue weighted by Gasteiger charge is 2.04. The summed E-state index contributed by atoms with van der Waals surface area (Å²) >= 11 is 0. The third-order valence-corrected chi connectivity index (χ3v) is 2.54. The van der Waals surface area contributed by atoms with Crippen molar-refractivity contribution < 1.29 is 4.79 Å². The minimum absolute atomic E-state index is 0.264. The summed E-state index contributed by atoms with van der Waals surface area (Å²) in [7, 11) is 0. The minimum Gasteiger partial charge on any atom is -0.399 e. The van der Waals surface area contributed by atoms with E-state index in [9.17, 15) is 4.79 Å². The summed E-state index contributed by atoms with van der Waals surface area (Å²) in [5.41, 5.74) is 8.83. The van der Waals surface area contributed by atoms with Gasteiger partial charge in [0.05, 0.1) is 6.20 Å². The lowest BCUT2D eigenvalue weighted by atomic mass is 10.2. The highest BCUT2D eigenvalue weighted by Crippen LogP contribution is 2.10. The van der Waals surface area contributed by atoms with E-state index in [-0.39, 0.29) is 6.03 Å². The lowest BCUT2D eigenvalue weighted by Crippen LogP contribution is -2.28. The van der Waals surface area contributed by atoms with Crippen molar-refractivity contribution >= 4 is 17.4 Å². The van der Waals surface area contributed by atoms with Gasteiger partial charge in [-0.15, -0.1) is 0 Å². The Hall–Kier alpha value is -2.50. The van der Waals surface area contributed by atoms with Crippen LogP contribution in [-0.4, -0.2) is 16.2 Å². The molecule has 5 N–H and O–H groups in total. The smallest absolute Gasteiger partial charge is 0.319 e. The van der Waals surface area contributed by atoms with Crippen molar-refractivity contribution in [3.8, 4) is 0 Å². The largest absolute Gasteiger partial charge is 0.399 e. The predicted molar refractivity (Wildman–Crippen MR) is 70.0 cm³/mol. The number of amides is 2. The summed E-state index contributed by atoms with van der Waals surface area (Å²) in [4.78, 5) is 11.6. The van der Waals surface area contributed by atoms with Gasteiger partial charge in [0.2, 0.25) is 0 Å². The van der Waals surface area contributed by atoms with Gasteiger partial charge in [-0.25, -0.2) is 4.79 Å². The van der Waals surface area contributed by atoms with Crippen molar-refractivity contribution in [3.63, 3.8) is 0 Å². The number of nitrogen functional groups attached to an aromatic ring is 1. The molecule has 0 saturated carbocycles. The Morgan fingerprint density at radius 3 is 2.72 bits per heavy atom. The second-order valence-electron chi connectivity index (χ2n) is 3.95. The quantitative estimate of drug-likeness (QED) is 0.619. The van der Waals surface area contributed by atoms with E-state index in [4.69, 9.17) is 5.73 Å². The zero-order chi connectivity index (χ0) is 13.0. The molecule has 0 fully saturated rings. The van der Waals surface area contributed by atoms with E-state index in [1.807, 2.05) is 6.92 Å². The number of nitrogens with zero attached hydrogens (tertiary/aromatic N) is 1. The number of nitrogens with two attached hydrogens (primary N) is 1. The van der Waals surface area contributed by atoms with Crippen LogP contribution in [0.2, 0.25) is 0 Å². The average molecular weight is 245 g/mol. The number of benzene rings is 1. The summed E-state index contributed by atoms with van der Waals surface area (Å²) in [6, 6.07) is 6.70. The van der Waals surface area contributed by atoms with E-state index in [2.05, 4.69) is 20.8 Å². The maximum absolute atomic E-state index is 11.6. The summed E-state index contributed by atoms with van der Waals surface area (Å²) in [5.74, 6) is 0. The monoisotopic (exact) mass is 245 g/mol. The number of aromatic nitrogens is 2. The van der Waals surface area contributed by atoms with Crippen LogP contribution in [0.4, 0.5) is 16.2 Å². The van der Waals surface area contributed by atoms with Crippen LogP contribution >= 0.6 is 0 Å². The van der Waals surface area contributed by atoms with Crippen LogP contribution in [0.5, 0.6) is 0 Å². The number of nitrogens with one attached hydrogen (secondary N) is 3. The number of carbonyl (C=O) groups excluding carboxylic acids is 1. The molecule has 0 spiro atoms. The Bertz CT molecular complexity index is 532. The zero-order valence-electron chi connectivity index (χ0n) is 10.0. The normalized spacial score (nSPS) is 10.1. The lowest BCUT2D eigenvalue weighted by molar-refractivity contribution is 0.251. The van der Waals surface area contributed by atoms with Gasteiger partial charge in [-0.05, 0) is 31.2 Å². The SMILES string of the molecule is Cc1[nH]ncc1CNC(=O)Nc1ccc(N)cc1. The van der Waals surface area contributed by atoms with E-state index >= 15 is 0 Å². The van der Waals surface area contributed by atoms with Gasteiger partial charge in [0.15, 0.2) is 0 Å². The van der Waals surface area contributed by atoms with Crippen LogP contribution < -0.4 is 16.4 Å². The van der Waals surface area contributed by atoms with Crippen LogP contribution in [-0.2, 0) is 6.54 Å². The van der Waals surface area contributed by atoms with Crippen molar-refractivity contribution in [2.45, 2.75) is 13.5 Å². The number of aromatic amines is 1. The fourth-order valence-corrected chi connectivity index (χ4v) is 1.47. The fraction of sp³-hybridized carbons (Fsp3) is 0.167. The summed E-state index contributed by atoms with van der Waals surface area (Å²) in [5, 5.41) is 12.2. The molecule has 2 rings (SSSR count). The number of carbonyl (C=O) groups is 1. The number of anilines is 2. The fourth-order valence-electron chi connectivity index (χ4n) is 1.47. The van der Waals surface area contributed by atoms with Gasteiger partial charge in [0.25, 0.3) is 0 Å². The van der Waals surface area contributed by atoms with Gasteiger partial charge in [0.1, 0.15) is 0 Å². The van der Waals surface area contributed by atoms with Gasteiger partial charge in [-0.3, -0.25) is 5.10 Å². The maximum atomic E-state index is 11.6. The van der Waals surface area contributed by atoms with Crippen LogP contribution in [0.1, 0.15) is 11.3 Å². The topological polar surface area (TPSA) is 95.8 Å². The molecule has 0 aliphatic carbocycles. The first-order valence-corrected chi connectivity index (χ1v) is 5.54.